The summed E-state index contributed by atoms with van der Waals surface area (Å²) in [4.78, 5) is 17.5. The van der Waals surface area contributed by atoms with Crippen molar-refractivity contribution in [3.05, 3.63) is 24.4 Å². The van der Waals surface area contributed by atoms with Crippen LogP contribution in [-0.4, -0.2) is 40.3 Å². The van der Waals surface area contributed by atoms with Crippen LogP contribution in [0, 0.1) is 0 Å². The average Bonchev–Trinajstić information content (AvgIpc) is 2.31. The maximum Gasteiger partial charge on any atom is 0.222 e. The summed E-state index contributed by atoms with van der Waals surface area (Å²) in [6.07, 6.45) is 3.30. The number of alkyl halides is 1. The molecule has 1 aliphatic heterocycles. The Labute approximate surface area is 109 Å². The maximum absolute atomic E-state index is 11.6. The molecular weight excluding hydrogens is 284 g/mol. The summed E-state index contributed by atoms with van der Waals surface area (Å²) in [7, 11) is 0. The number of hydrogen-bond donors (Lipinski definition) is 0. The molecule has 0 unspecified atom stereocenters. The van der Waals surface area contributed by atoms with Crippen molar-refractivity contribution in [2.45, 2.75) is 18.9 Å². The molecule has 0 radical (unpaired) electrons. The molecule has 0 aromatic carbocycles. The molecule has 1 amide bonds. The van der Waals surface area contributed by atoms with Crippen LogP contribution in [0.5, 0.6) is 5.88 Å². The monoisotopic (exact) mass is 298 g/mol. The molecular formula is C12H15BrN2O2. The second-order valence-corrected chi connectivity index (χ2v) is 4.79. The van der Waals surface area contributed by atoms with Gasteiger partial charge >= 0.3 is 0 Å². The fourth-order valence-electron chi connectivity index (χ4n) is 1.68. The normalized spacial score (nSPS) is 15.5. The molecule has 0 saturated carbocycles. The second kappa shape index (κ2) is 6.00. The summed E-state index contributed by atoms with van der Waals surface area (Å²) >= 11 is 3.32. The van der Waals surface area contributed by atoms with Crippen molar-refractivity contribution in [1.29, 1.82) is 0 Å². The van der Waals surface area contributed by atoms with Crippen molar-refractivity contribution in [2.24, 2.45) is 0 Å². The first-order chi connectivity index (χ1) is 8.29. The minimum atomic E-state index is 0.0952. The number of hydrogen-bond acceptors (Lipinski definition) is 3. The topological polar surface area (TPSA) is 42.4 Å². The average molecular weight is 299 g/mol. The third kappa shape index (κ3) is 3.43. The zero-order valence-corrected chi connectivity index (χ0v) is 11.1. The highest BCUT2D eigenvalue weighted by Crippen LogP contribution is 2.16. The Bertz CT molecular complexity index is 366. The van der Waals surface area contributed by atoms with Crippen molar-refractivity contribution in [2.75, 3.05) is 18.4 Å². The Morgan fingerprint density at radius 3 is 3.00 bits per heavy atom. The van der Waals surface area contributed by atoms with E-state index in [4.69, 9.17) is 4.74 Å². The Kier molecular flexibility index (Phi) is 4.36. The molecule has 2 heterocycles. The van der Waals surface area contributed by atoms with Gasteiger partial charge in [-0.15, -0.1) is 0 Å². The lowest BCUT2D eigenvalue weighted by Gasteiger charge is -2.38. The molecule has 2 rings (SSSR count). The molecule has 0 aliphatic carbocycles. The molecule has 17 heavy (non-hydrogen) atoms. The van der Waals surface area contributed by atoms with Crippen molar-refractivity contribution in [1.82, 2.24) is 9.88 Å². The van der Waals surface area contributed by atoms with Crippen LogP contribution in [0.2, 0.25) is 0 Å². The van der Waals surface area contributed by atoms with E-state index in [0.29, 0.717) is 25.4 Å². The minimum Gasteiger partial charge on any atom is -0.471 e. The van der Waals surface area contributed by atoms with E-state index >= 15 is 0 Å². The lowest BCUT2D eigenvalue weighted by Crippen LogP contribution is -2.56. The fraction of sp³-hybridized carbons (Fsp3) is 0.500. The van der Waals surface area contributed by atoms with Crippen LogP contribution in [-0.2, 0) is 4.79 Å². The maximum atomic E-state index is 11.6. The molecule has 0 spiro atoms. The van der Waals surface area contributed by atoms with Gasteiger partial charge in [-0.05, 0) is 12.5 Å². The van der Waals surface area contributed by atoms with Gasteiger partial charge in [-0.2, -0.15) is 0 Å². The lowest BCUT2D eigenvalue weighted by atomic mass is 10.1. The Morgan fingerprint density at radius 1 is 1.53 bits per heavy atom. The number of rotatable bonds is 5. The number of likely N-dealkylation sites (tertiary alicyclic amines) is 1. The Morgan fingerprint density at radius 2 is 2.35 bits per heavy atom. The number of carbonyl (C=O) groups is 1. The SMILES string of the molecule is O=C(CCCBr)N1CC(Oc2ccccn2)C1. The molecule has 4 nitrogen and oxygen atoms in total. The highest BCUT2D eigenvalue weighted by atomic mass is 79.9. The second-order valence-electron chi connectivity index (χ2n) is 4.00. The number of nitrogens with zero attached hydrogens (tertiary/aromatic N) is 2. The number of pyridine rings is 1. The predicted octanol–water partition coefficient (Wildman–Crippen LogP) is 1.85. The van der Waals surface area contributed by atoms with E-state index in [-0.39, 0.29) is 12.0 Å². The van der Waals surface area contributed by atoms with Gasteiger partial charge in [0.05, 0.1) is 13.1 Å². The first kappa shape index (κ1) is 12.4. The van der Waals surface area contributed by atoms with Gasteiger partial charge in [-0.3, -0.25) is 4.79 Å². The van der Waals surface area contributed by atoms with Gasteiger partial charge in [0.1, 0.15) is 6.10 Å². The van der Waals surface area contributed by atoms with Crippen molar-refractivity contribution < 1.29 is 9.53 Å². The predicted molar refractivity (Wildman–Crippen MR) is 68.3 cm³/mol. The molecule has 1 fully saturated rings. The van der Waals surface area contributed by atoms with Crippen LogP contribution in [0.25, 0.3) is 0 Å². The Balaban J connectivity index is 1.70. The number of amides is 1. The fourth-order valence-corrected chi connectivity index (χ4v) is 1.96. The van der Waals surface area contributed by atoms with Gasteiger partial charge in [0.25, 0.3) is 0 Å². The summed E-state index contributed by atoms with van der Waals surface area (Å²) in [5.41, 5.74) is 0. The summed E-state index contributed by atoms with van der Waals surface area (Å²) in [6, 6.07) is 5.57. The molecule has 0 atom stereocenters. The van der Waals surface area contributed by atoms with E-state index in [1.165, 1.54) is 0 Å². The van der Waals surface area contributed by atoms with Gasteiger partial charge in [0, 0.05) is 24.0 Å². The van der Waals surface area contributed by atoms with Crippen LogP contribution in [0.4, 0.5) is 0 Å². The van der Waals surface area contributed by atoms with E-state index < -0.39 is 0 Å². The van der Waals surface area contributed by atoms with E-state index in [2.05, 4.69) is 20.9 Å². The van der Waals surface area contributed by atoms with E-state index in [1.807, 2.05) is 23.1 Å². The molecule has 1 saturated heterocycles. The van der Waals surface area contributed by atoms with Gasteiger partial charge < -0.3 is 9.64 Å². The van der Waals surface area contributed by atoms with Crippen molar-refractivity contribution in [3.8, 4) is 5.88 Å². The number of ether oxygens (including phenoxy) is 1. The lowest BCUT2D eigenvalue weighted by molar-refractivity contribution is -0.140. The molecule has 1 aromatic heterocycles. The molecule has 0 bridgehead atoms. The van der Waals surface area contributed by atoms with Gasteiger partial charge in [-0.1, -0.05) is 22.0 Å². The van der Waals surface area contributed by atoms with E-state index in [9.17, 15) is 4.79 Å². The summed E-state index contributed by atoms with van der Waals surface area (Å²) < 4.78 is 5.62. The summed E-state index contributed by atoms with van der Waals surface area (Å²) in [5.74, 6) is 0.843. The van der Waals surface area contributed by atoms with Crippen LogP contribution in [0.15, 0.2) is 24.4 Å². The van der Waals surface area contributed by atoms with Gasteiger partial charge in [0.2, 0.25) is 11.8 Å². The van der Waals surface area contributed by atoms with Crippen molar-refractivity contribution >= 4 is 21.8 Å². The third-order valence-electron chi connectivity index (χ3n) is 2.65. The van der Waals surface area contributed by atoms with Crippen LogP contribution >= 0.6 is 15.9 Å². The molecule has 0 N–H and O–H groups in total. The highest BCUT2D eigenvalue weighted by Gasteiger charge is 2.31. The third-order valence-corrected chi connectivity index (χ3v) is 3.21. The Hall–Kier alpha value is -1.10. The highest BCUT2D eigenvalue weighted by molar-refractivity contribution is 9.09. The quantitative estimate of drug-likeness (QED) is 0.779. The minimum absolute atomic E-state index is 0.0952. The van der Waals surface area contributed by atoms with Gasteiger partial charge in [-0.25, -0.2) is 4.98 Å². The first-order valence-corrected chi connectivity index (χ1v) is 6.83. The zero-order chi connectivity index (χ0) is 12.1. The molecule has 92 valence electrons. The number of aromatic nitrogens is 1. The van der Waals surface area contributed by atoms with Crippen LogP contribution in [0.1, 0.15) is 12.8 Å². The van der Waals surface area contributed by atoms with Gasteiger partial charge in [0.15, 0.2) is 0 Å². The van der Waals surface area contributed by atoms with Crippen LogP contribution in [0.3, 0.4) is 0 Å². The van der Waals surface area contributed by atoms with Crippen molar-refractivity contribution in [3.63, 3.8) is 0 Å². The standard InChI is InChI=1S/C12H15BrN2O2/c13-6-3-5-12(16)15-8-10(9-15)17-11-4-1-2-7-14-11/h1-2,4,7,10H,3,5-6,8-9H2. The molecule has 5 heteroatoms. The molecule has 1 aliphatic rings. The number of carbonyl (C=O) groups excluding carboxylic acids is 1. The zero-order valence-electron chi connectivity index (χ0n) is 9.51. The number of halogens is 1. The van der Waals surface area contributed by atoms with Crippen LogP contribution < -0.4 is 4.74 Å². The van der Waals surface area contributed by atoms with E-state index in [1.54, 1.807) is 6.20 Å². The summed E-state index contributed by atoms with van der Waals surface area (Å²) in [5, 5.41) is 0.875. The van der Waals surface area contributed by atoms with E-state index in [0.717, 1.165) is 11.8 Å². The summed E-state index contributed by atoms with van der Waals surface area (Å²) in [6.45, 7) is 1.36. The first-order valence-electron chi connectivity index (χ1n) is 5.71. The molecule has 1 aromatic rings. The largest absolute Gasteiger partial charge is 0.471 e. The smallest absolute Gasteiger partial charge is 0.222 e.